The number of nitrogens with one attached hydrogen (secondary N) is 1. The molecule has 0 unspecified atom stereocenters. The molecule has 3 rings (SSSR count). The summed E-state index contributed by atoms with van der Waals surface area (Å²) in [6, 6.07) is 19.0. The van der Waals surface area contributed by atoms with Crippen LogP contribution >= 0.6 is 11.6 Å². The number of carbonyl (C=O) groups excluding carboxylic acids is 1. The van der Waals surface area contributed by atoms with Crippen molar-refractivity contribution in [2.24, 2.45) is 0 Å². The fourth-order valence-corrected chi connectivity index (χ4v) is 2.55. The second kappa shape index (κ2) is 6.67. The zero-order chi connectivity index (χ0) is 16.2. The van der Waals surface area contributed by atoms with E-state index in [0.717, 1.165) is 11.1 Å². The van der Waals surface area contributed by atoms with Crippen LogP contribution in [0.1, 0.15) is 16.1 Å². The molecule has 1 N–H and O–H groups in total. The van der Waals surface area contributed by atoms with Gasteiger partial charge in [-0.05, 0) is 23.8 Å². The second-order valence-corrected chi connectivity index (χ2v) is 5.76. The second-order valence-electron chi connectivity index (χ2n) is 5.32. The normalized spacial score (nSPS) is 10.5. The van der Waals surface area contributed by atoms with E-state index < -0.39 is 0 Å². The highest BCUT2D eigenvalue weighted by atomic mass is 35.5. The van der Waals surface area contributed by atoms with E-state index in [1.807, 2.05) is 48.5 Å². The van der Waals surface area contributed by atoms with Gasteiger partial charge in [0, 0.05) is 24.2 Å². The van der Waals surface area contributed by atoms with Crippen LogP contribution in [0.25, 0.3) is 11.3 Å². The topological polar surface area (TPSA) is 49.0 Å². The van der Waals surface area contributed by atoms with Crippen LogP contribution < -0.4 is 0 Å². The largest absolute Gasteiger partial charge is 0.336 e. The molecule has 1 heterocycles. The lowest BCUT2D eigenvalue weighted by atomic mass is 10.1. The summed E-state index contributed by atoms with van der Waals surface area (Å²) in [6.45, 7) is 0.547. The molecule has 0 saturated heterocycles. The van der Waals surface area contributed by atoms with Crippen molar-refractivity contribution in [3.8, 4) is 11.3 Å². The molecule has 2 aromatic carbocycles. The van der Waals surface area contributed by atoms with Crippen LogP contribution in [-0.2, 0) is 6.54 Å². The van der Waals surface area contributed by atoms with Crippen molar-refractivity contribution in [2.45, 2.75) is 6.54 Å². The highest BCUT2D eigenvalue weighted by Crippen LogP contribution is 2.21. The molecular formula is C18H16ClN3O. The maximum atomic E-state index is 12.5. The first-order valence-electron chi connectivity index (χ1n) is 7.24. The predicted octanol–water partition coefficient (Wildman–Crippen LogP) is 4.00. The van der Waals surface area contributed by atoms with E-state index in [9.17, 15) is 4.79 Å². The van der Waals surface area contributed by atoms with E-state index in [2.05, 4.69) is 10.2 Å². The van der Waals surface area contributed by atoms with Gasteiger partial charge in [0.25, 0.3) is 5.91 Å². The smallest absolute Gasteiger partial charge is 0.271 e. The van der Waals surface area contributed by atoms with Crippen molar-refractivity contribution in [3.05, 3.63) is 76.9 Å². The number of H-pyrrole nitrogens is 1. The first-order valence-corrected chi connectivity index (χ1v) is 7.62. The zero-order valence-electron chi connectivity index (χ0n) is 12.7. The van der Waals surface area contributed by atoms with Gasteiger partial charge < -0.3 is 4.90 Å². The first kappa shape index (κ1) is 15.3. The Morgan fingerprint density at radius 3 is 2.65 bits per heavy atom. The number of hydrogen-bond donors (Lipinski definition) is 1. The lowest BCUT2D eigenvalue weighted by Crippen LogP contribution is -2.26. The Bertz CT molecular complexity index is 814. The summed E-state index contributed by atoms with van der Waals surface area (Å²) in [6.07, 6.45) is 0. The van der Waals surface area contributed by atoms with Crippen LogP contribution in [0.15, 0.2) is 60.7 Å². The lowest BCUT2D eigenvalue weighted by molar-refractivity contribution is 0.0779. The highest BCUT2D eigenvalue weighted by molar-refractivity contribution is 6.30. The molecule has 1 aromatic heterocycles. The monoisotopic (exact) mass is 325 g/mol. The van der Waals surface area contributed by atoms with Crippen LogP contribution in [0.2, 0.25) is 5.02 Å². The van der Waals surface area contributed by atoms with Crippen LogP contribution in [0, 0.1) is 0 Å². The molecule has 0 spiro atoms. The fraction of sp³-hybridized carbons (Fsp3) is 0.111. The van der Waals surface area contributed by atoms with Gasteiger partial charge in [-0.1, -0.05) is 54.1 Å². The van der Waals surface area contributed by atoms with Crippen molar-refractivity contribution in [1.29, 1.82) is 0 Å². The molecule has 0 aliphatic carbocycles. The molecule has 0 aliphatic heterocycles. The molecule has 0 fully saturated rings. The number of nitrogens with zero attached hydrogens (tertiary/aromatic N) is 2. The van der Waals surface area contributed by atoms with E-state index >= 15 is 0 Å². The average molecular weight is 326 g/mol. The Kier molecular flexibility index (Phi) is 4.44. The molecule has 0 atom stereocenters. The van der Waals surface area contributed by atoms with Gasteiger partial charge in [0.2, 0.25) is 0 Å². The number of benzene rings is 2. The van der Waals surface area contributed by atoms with Gasteiger partial charge in [-0.3, -0.25) is 9.89 Å². The standard InChI is InChI=1S/C18H16ClN3O/c1-22(12-13-6-3-2-4-7-13)18(23)17-11-16(20-21-17)14-8-5-9-15(19)10-14/h2-11H,12H2,1H3,(H,20,21). The predicted molar refractivity (Wildman–Crippen MR) is 91.3 cm³/mol. The molecule has 0 bridgehead atoms. The Labute approximate surface area is 139 Å². The third-order valence-electron chi connectivity index (χ3n) is 3.54. The van der Waals surface area contributed by atoms with Crippen LogP contribution in [0.5, 0.6) is 0 Å². The molecule has 0 radical (unpaired) electrons. The third-order valence-corrected chi connectivity index (χ3v) is 3.77. The fourth-order valence-electron chi connectivity index (χ4n) is 2.36. The molecular weight excluding hydrogens is 310 g/mol. The number of aromatic amines is 1. The summed E-state index contributed by atoms with van der Waals surface area (Å²) in [5.41, 5.74) is 3.11. The van der Waals surface area contributed by atoms with E-state index in [1.165, 1.54) is 0 Å². The summed E-state index contributed by atoms with van der Waals surface area (Å²) in [4.78, 5) is 14.1. The summed E-state index contributed by atoms with van der Waals surface area (Å²) >= 11 is 5.99. The van der Waals surface area contributed by atoms with Crippen molar-refractivity contribution in [1.82, 2.24) is 15.1 Å². The number of amides is 1. The molecule has 116 valence electrons. The minimum Gasteiger partial charge on any atom is -0.336 e. The zero-order valence-corrected chi connectivity index (χ0v) is 13.4. The number of rotatable bonds is 4. The Morgan fingerprint density at radius 2 is 1.91 bits per heavy atom. The SMILES string of the molecule is CN(Cc1ccccc1)C(=O)c1cc(-c2cccc(Cl)c2)n[nH]1. The van der Waals surface area contributed by atoms with Gasteiger partial charge in [0.1, 0.15) is 5.69 Å². The van der Waals surface area contributed by atoms with Gasteiger partial charge >= 0.3 is 0 Å². The van der Waals surface area contributed by atoms with E-state index in [1.54, 1.807) is 24.1 Å². The molecule has 0 aliphatic rings. The molecule has 1 amide bonds. The molecule has 3 aromatic rings. The first-order chi connectivity index (χ1) is 11.1. The Hall–Kier alpha value is -2.59. The molecule has 0 saturated carbocycles. The summed E-state index contributed by atoms with van der Waals surface area (Å²) in [5.74, 6) is -0.102. The van der Waals surface area contributed by atoms with E-state index in [4.69, 9.17) is 11.6 Å². The molecule has 23 heavy (non-hydrogen) atoms. The van der Waals surface area contributed by atoms with Crippen molar-refractivity contribution < 1.29 is 4.79 Å². The quantitative estimate of drug-likeness (QED) is 0.788. The number of halogens is 1. The minimum absolute atomic E-state index is 0.102. The van der Waals surface area contributed by atoms with Crippen molar-refractivity contribution in [3.63, 3.8) is 0 Å². The summed E-state index contributed by atoms with van der Waals surface area (Å²) < 4.78 is 0. The van der Waals surface area contributed by atoms with Gasteiger partial charge in [0.15, 0.2) is 0 Å². The summed E-state index contributed by atoms with van der Waals surface area (Å²) in [5, 5.41) is 7.65. The van der Waals surface area contributed by atoms with Crippen LogP contribution in [0.3, 0.4) is 0 Å². The van der Waals surface area contributed by atoms with E-state index in [0.29, 0.717) is 23.0 Å². The summed E-state index contributed by atoms with van der Waals surface area (Å²) in [7, 11) is 1.77. The van der Waals surface area contributed by atoms with Crippen molar-refractivity contribution >= 4 is 17.5 Å². The Balaban J connectivity index is 1.76. The van der Waals surface area contributed by atoms with Gasteiger partial charge in [0.05, 0.1) is 5.69 Å². The maximum Gasteiger partial charge on any atom is 0.271 e. The highest BCUT2D eigenvalue weighted by Gasteiger charge is 2.15. The number of carbonyl (C=O) groups is 1. The van der Waals surface area contributed by atoms with Gasteiger partial charge in [-0.15, -0.1) is 0 Å². The number of hydrogen-bond acceptors (Lipinski definition) is 2. The van der Waals surface area contributed by atoms with Gasteiger partial charge in [-0.2, -0.15) is 5.10 Å². The van der Waals surface area contributed by atoms with Crippen molar-refractivity contribution in [2.75, 3.05) is 7.05 Å². The Morgan fingerprint density at radius 1 is 1.13 bits per heavy atom. The van der Waals surface area contributed by atoms with E-state index in [-0.39, 0.29) is 5.91 Å². The minimum atomic E-state index is -0.102. The number of aromatic nitrogens is 2. The third kappa shape index (κ3) is 3.60. The molecule has 5 heteroatoms. The molecule has 4 nitrogen and oxygen atoms in total. The van der Waals surface area contributed by atoms with Gasteiger partial charge in [-0.25, -0.2) is 0 Å². The van der Waals surface area contributed by atoms with Crippen LogP contribution in [-0.4, -0.2) is 28.1 Å². The van der Waals surface area contributed by atoms with Crippen LogP contribution in [0.4, 0.5) is 0 Å². The maximum absolute atomic E-state index is 12.5. The average Bonchev–Trinajstić information content (AvgIpc) is 3.05. The lowest BCUT2D eigenvalue weighted by Gasteiger charge is -2.16.